The van der Waals surface area contributed by atoms with E-state index in [-0.39, 0.29) is 5.91 Å². The van der Waals surface area contributed by atoms with E-state index < -0.39 is 8.07 Å². The Kier molecular flexibility index (Phi) is 3.86. The Morgan fingerprint density at radius 2 is 1.42 bits per heavy atom. The van der Waals surface area contributed by atoms with Gasteiger partial charge in [0.25, 0.3) is 0 Å². The normalized spacial score (nSPS) is 11.1. The number of hydrogen-bond donors (Lipinski definition) is 1. The molecule has 2 aromatic rings. The van der Waals surface area contributed by atoms with Crippen LogP contribution in [0.2, 0.25) is 13.1 Å². The molecule has 0 atom stereocenters. The molecule has 0 unspecified atom stereocenters. The molecule has 1 amide bonds. The number of hydrogen-bond acceptors (Lipinski definition) is 1. The van der Waals surface area contributed by atoms with Gasteiger partial charge in [0.15, 0.2) is 0 Å². The molecule has 0 spiro atoms. The Labute approximate surface area is 115 Å². The van der Waals surface area contributed by atoms with Crippen molar-refractivity contribution in [1.29, 1.82) is 0 Å². The fourth-order valence-electron chi connectivity index (χ4n) is 2.19. The molecule has 0 aromatic heterocycles. The quantitative estimate of drug-likeness (QED) is 0.852. The number of amides is 1. The molecule has 0 aliphatic heterocycles. The molecular weight excluding hydrogens is 250 g/mol. The largest absolute Gasteiger partial charge is 0.326 e. The number of carbonyl (C=O) groups excluding carboxylic acids is 1. The first-order valence-corrected chi connectivity index (χ1v) is 9.44. The Morgan fingerprint density at radius 1 is 0.895 bits per heavy atom. The second-order valence-corrected chi connectivity index (χ2v) is 9.65. The molecule has 0 saturated heterocycles. The summed E-state index contributed by atoms with van der Waals surface area (Å²) in [5.41, 5.74) is 0.856. The van der Waals surface area contributed by atoms with Crippen molar-refractivity contribution in [3.63, 3.8) is 0 Å². The summed E-state index contributed by atoms with van der Waals surface area (Å²) in [6.07, 6.45) is 0. The standard InChI is InChI=1S/C16H19NOSi/c1-13(18)17-14-9-11-16(12-10-14)19(2,3)15-7-5-4-6-8-15/h4-12H,1-3H3,(H,17,18). The van der Waals surface area contributed by atoms with Crippen molar-refractivity contribution in [1.82, 2.24) is 0 Å². The van der Waals surface area contributed by atoms with Crippen molar-refractivity contribution >= 4 is 30.0 Å². The van der Waals surface area contributed by atoms with Gasteiger partial charge in [-0.2, -0.15) is 0 Å². The monoisotopic (exact) mass is 269 g/mol. The van der Waals surface area contributed by atoms with Crippen molar-refractivity contribution < 1.29 is 4.79 Å². The molecule has 0 saturated carbocycles. The molecular formula is C16H19NOSi. The maximum absolute atomic E-state index is 11.0. The predicted octanol–water partition coefficient (Wildman–Crippen LogP) is 2.47. The molecule has 0 radical (unpaired) electrons. The van der Waals surface area contributed by atoms with E-state index in [1.54, 1.807) is 0 Å². The highest BCUT2D eigenvalue weighted by atomic mass is 28.3. The van der Waals surface area contributed by atoms with Gasteiger partial charge in [0.2, 0.25) is 5.91 Å². The maximum atomic E-state index is 11.0. The minimum Gasteiger partial charge on any atom is -0.326 e. The molecule has 19 heavy (non-hydrogen) atoms. The highest BCUT2D eigenvalue weighted by Gasteiger charge is 2.25. The maximum Gasteiger partial charge on any atom is 0.221 e. The average Bonchev–Trinajstić information content (AvgIpc) is 2.40. The van der Waals surface area contributed by atoms with Crippen LogP contribution in [0.4, 0.5) is 5.69 Å². The Hall–Kier alpha value is -1.87. The van der Waals surface area contributed by atoms with Crippen LogP contribution in [0.3, 0.4) is 0 Å². The van der Waals surface area contributed by atoms with Gasteiger partial charge in [-0.25, -0.2) is 0 Å². The number of anilines is 1. The summed E-state index contributed by atoms with van der Waals surface area (Å²) in [6.45, 7) is 6.21. The van der Waals surface area contributed by atoms with Crippen LogP contribution in [-0.2, 0) is 4.79 Å². The zero-order chi connectivity index (χ0) is 13.9. The summed E-state index contributed by atoms with van der Waals surface area (Å²) in [7, 11) is -1.63. The second-order valence-electron chi connectivity index (χ2n) is 5.25. The third-order valence-corrected chi connectivity index (χ3v) is 6.98. The first-order chi connectivity index (χ1) is 9.00. The van der Waals surface area contributed by atoms with Crippen LogP contribution in [0, 0.1) is 0 Å². The number of carbonyl (C=O) groups is 1. The summed E-state index contributed by atoms with van der Waals surface area (Å²) in [6, 6.07) is 18.9. The van der Waals surface area contributed by atoms with E-state index in [0.717, 1.165) is 5.69 Å². The fraction of sp³-hybridized carbons (Fsp3) is 0.188. The summed E-state index contributed by atoms with van der Waals surface area (Å²) in [5, 5.41) is 5.59. The van der Waals surface area contributed by atoms with Crippen LogP contribution >= 0.6 is 0 Å². The lowest BCUT2D eigenvalue weighted by Crippen LogP contribution is -2.52. The molecule has 3 heteroatoms. The first kappa shape index (κ1) is 13.6. The van der Waals surface area contributed by atoms with Gasteiger partial charge >= 0.3 is 0 Å². The summed E-state index contributed by atoms with van der Waals surface area (Å²) < 4.78 is 0. The van der Waals surface area contributed by atoms with Crippen molar-refractivity contribution in [3.8, 4) is 0 Å². The van der Waals surface area contributed by atoms with Crippen molar-refractivity contribution in [3.05, 3.63) is 54.6 Å². The molecule has 0 aliphatic carbocycles. The number of rotatable bonds is 3. The zero-order valence-corrected chi connectivity index (χ0v) is 12.6. The van der Waals surface area contributed by atoms with Gasteiger partial charge in [0.05, 0.1) is 0 Å². The van der Waals surface area contributed by atoms with Gasteiger partial charge < -0.3 is 5.32 Å². The lowest BCUT2D eigenvalue weighted by atomic mass is 10.3. The van der Waals surface area contributed by atoms with E-state index in [1.807, 2.05) is 18.2 Å². The molecule has 0 fully saturated rings. The van der Waals surface area contributed by atoms with Gasteiger partial charge in [0, 0.05) is 12.6 Å². The van der Waals surface area contributed by atoms with Crippen molar-refractivity contribution in [2.75, 3.05) is 5.32 Å². The van der Waals surface area contributed by atoms with E-state index >= 15 is 0 Å². The molecule has 0 heterocycles. The summed E-state index contributed by atoms with van der Waals surface area (Å²) in [4.78, 5) is 11.0. The minimum atomic E-state index is -1.63. The fourth-order valence-corrected chi connectivity index (χ4v) is 4.55. The molecule has 0 bridgehead atoms. The van der Waals surface area contributed by atoms with Gasteiger partial charge in [-0.05, 0) is 12.1 Å². The summed E-state index contributed by atoms with van der Waals surface area (Å²) in [5.74, 6) is -0.0349. The zero-order valence-electron chi connectivity index (χ0n) is 11.6. The van der Waals surface area contributed by atoms with Crippen LogP contribution in [-0.4, -0.2) is 14.0 Å². The van der Waals surface area contributed by atoms with E-state index in [0.29, 0.717) is 0 Å². The first-order valence-electron chi connectivity index (χ1n) is 6.44. The molecule has 2 aromatic carbocycles. The van der Waals surface area contributed by atoms with Crippen LogP contribution < -0.4 is 15.7 Å². The van der Waals surface area contributed by atoms with E-state index in [9.17, 15) is 4.79 Å². The average molecular weight is 269 g/mol. The van der Waals surface area contributed by atoms with Gasteiger partial charge in [-0.15, -0.1) is 0 Å². The number of nitrogens with one attached hydrogen (secondary N) is 1. The Morgan fingerprint density at radius 3 is 1.95 bits per heavy atom. The van der Waals surface area contributed by atoms with E-state index in [1.165, 1.54) is 17.3 Å². The molecule has 1 N–H and O–H groups in total. The second kappa shape index (κ2) is 5.41. The van der Waals surface area contributed by atoms with Crippen LogP contribution in [0.5, 0.6) is 0 Å². The Balaban J connectivity index is 2.29. The van der Waals surface area contributed by atoms with Crippen molar-refractivity contribution in [2.45, 2.75) is 20.0 Å². The summed E-state index contributed by atoms with van der Waals surface area (Å²) >= 11 is 0. The smallest absolute Gasteiger partial charge is 0.221 e. The highest BCUT2D eigenvalue weighted by molar-refractivity contribution is 7.00. The highest BCUT2D eigenvalue weighted by Crippen LogP contribution is 2.09. The predicted molar refractivity (Wildman–Crippen MR) is 83.9 cm³/mol. The van der Waals surface area contributed by atoms with Crippen LogP contribution in [0.15, 0.2) is 54.6 Å². The van der Waals surface area contributed by atoms with Gasteiger partial charge in [0.1, 0.15) is 8.07 Å². The number of benzene rings is 2. The molecule has 0 aliphatic rings. The van der Waals surface area contributed by atoms with Crippen LogP contribution in [0.25, 0.3) is 0 Å². The van der Waals surface area contributed by atoms with Gasteiger partial charge in [-0.1, -0.05) is 65.9 Å². The molecule has 2 nitrogen and oxygen atoms in total. The third-order valence-electron chi connectivity index (χ3n) is 3.42. The Bertz CT molecular complexity index is 561. The third kappa shape index (κ3) is 3.12. The minimum absolute atomic E-state index is 0.0349. The van der Waals surface area contributed by atoms with Crippen molar-refractivity contribution in [2.24, 2.45) is 0 Å². The van der Waals surface area contributed by atoms with E-state index in [2.05, 4.69) is 54.8 Å². The van der Waals surface area contributed by atoms with Gasteiger partial charge in [-0.3, -0.25) is 4.79 Å². The SMILES string of the molecule is CC(=O)Nc1ccc([Si](C)(C)c2ccccc2)cc1. The molecule has 2 rings (SSSR count). The molecule has 98 valence electrons. The van der Waals surface area contributed by atoms with E-state index in [4.69, 9.17) is 0 Å². The van der Waals surface area contributed by atoms with Crippen LogP contribution in [0.1, 0.15) is 6.92 Å². The lowest BCUT2D eigenvalue weighted by molar-refractivity contribution is -0.114. The lowest BCUT2D eigenvalue weighted by Gasteiger charge is -2.23. The topological polar surface area (TPSA) is 29.1 Å².